The van der Waals surface area contributed by atoms with Gasteiger partial charge in [-0.25, -0.2) is 4.98 Å². The molecule has 0 radical (unpaired) electrons. The van der Waals surface area contributed by atoms with Gasteiger partial charge in [0.1, 0.15) is 17.4 Å². The number of hydrogen-bond acceptors (Lipinski definition) is 7. The molecule has 1 saturated heterocycles. The van der Waals surface area contributed by atoms with Crippen molar-refractivity contribution in [1.82, 2.24) is 19.9 Å². The van der Waals surface area contributed by atoms with Crippen molar-refractivity contribution < 1.29 is 22.8 Å². The first kappa shape index (κ1) is 26.6. The highest BCUT2D eigenvalue weighted by Gasteiger charge is 2.39. The lowest BCUT2D eigenvalue weighted by Crippen LogP contribution is -2.52. The molecule has 0 spiro atoms. The van der Waals surface area contributed by atoms with Crippen LogP contribution in [-0.2, 0) is 15.8 Å². The molecule has 0 bridgehead atoms. The first-order valence-electron chi connectivity index (χ1n) is 12.2. The minimum Gasteiger partial charge on any atom is -0.387 e. The number of amides is 1. The molecule has 5 rings (SSSR count). The third kappa shape index (κ3) is 5.31. The van der Waals surface area contributed by atoms with Gasteiger partial charge in [0.15, 0.2) is 6.10 Å². The highest BCUT2D eigenvalue weighted by Crippen LogP contribution is 2.36. The minimum absolute atomic E-state index is 0.0636. The predicted octanol–water partition coefficient (Wildman–Crippen LogP) is 5.10. The van der Waals surface area contributed by atoms with Crippen molar-refractivity contribution in [1.29, 1.82) is 0 Å². The zero-order chi connectivity index (χ0) is 27.7. The van der Waals surface area contributed by atoms with Gasteiger partial charge in [0, 0.05) is 49.7 Å². The third-order valence-corrected chi connectivity index (χ3v) is 7.08. The van der Waals surface area contributed by atoms with E-state index in [1.807, 2.05) is 4.90 Å². The normalized spacial score (nSPS) is 19.5. The molecular formula is C27H24ClF3N6O2. The molecule has 2 aliphatic heterocycles. The summed E-state index contributed by atoms with van der Waals surface area (Å²) >= 11 is 6.43. The molecule has 1 amide bonds. The van der Waals surface area contributed by atoms with E-state index >= 15 is 0 Å². The minimum atomic E-state index is -4.45. The van der Waals surface area contributed by atoms with Gasteiger partial charge in [-0.05, 0) is 31.2 Å². The lowest BCUT2D eigenvalue weighted by molar-refractivity contribution is -0.137. The standard InChI is InChI=1S/C27H24ClF3N6O2/c1-3-21-23(16(2)35-39-21)26(38)37-12-10-36(11-13-37)22-15-33-24(17-4-6-18(7-5-17)27(29,30)31)25(34-22)19-8-9-32-14-20(19)28/h3-9,14-15,21,23H,1,10-13H2,2H3. The van der Waals surface area contributed by atoms with Crippen LogP contribution in [0.3, 0.4) is 0 Å². The van der Waals surface area contributed by atoms with E-state index in [9.17, 15) is 18.0 Å². The average Bonchev–Trinajstić information content (AvgIpc) is 3.32. The highest BCUT2D eigenvalue weighted by atomic mass is 35.5. The van der Waals surface area contributed by atoms with Gasteiger partial charge >= 0.3 is 6.18 Å². The van der Waals surface area contributed by atoms with Crippen LogP contribution in [0.25, 0.3) is 22.5 Å². The molecule has 0 N–H and O–H groups in total. The molecule has 2 atom stereocenters. The molecular weight excluding hydrogens is 533 g/mol. The molecule has 2 unspecified atom stereocenters. The van der Waals surface area contributed by atoms with Crippen molar-refractivity contribution in [3.63, 3.8) is 0 Å². The Balaban J connectivity index is 1.41. The molecule has 202 valence electrons. The van der Waals surface area contributed by atoms with Crippen LogP contribution in [0.4, 0.5) is 19.0 Å². The molecule has 1 fully saturated rings. The van der Waals surface area contributed by atoms with Crippen molar-refractivity contribution in [2.45, 2.75) is 19.2 Å². The summed E-state index contributed by atoms with van der Waals surface area (Å²) < 4.78 is 39.3. The maximum Gasteiger partial charge on any atom is 0.416 e. The predicted molar refractivity (Wildman–Crippen MR) is 141 cm³/mol. The van der Waals surface area contributed by atoms with E-state index in [1.165, 1.54) is 18.3 Å². The number of alkyl halides is 3. The fourth-order valence-electron chi connectivity index (χ4n) is 4.67. The van der Waals surface area contributed by atoms with Gasteiger partial charge < -0.3 is 14.6 Å². The molecule has 39 heavy (non-hydrogen) atoms. The number of oxime groups is 1. The Hall–Kier alpha value is -3.99. The van der Waals surface area contributed by atoms with E-state index in [2.05, 4.69) is 21.7 Å². The van der Waals surface area contributed by atoms with Gasteiger partial charge in [-0.2, -0.15) is 13.2 Å². The van der Waals surface area contributed by atoms with Crippen molar-refractivity contribution >= 4 is 29.0 Å². The van der Waals surface area contributed by atoms with E-state index in [0.29, 0.717) is 65.2 Å². The fourth-order valence-corrected chi connectivity index (χ4v) is 4.87. The summed E-state index contributed by atoms with van der Waals surface area (Å²) in [6.45, 7) is 7.43. The Bertz CT molecular complexity index is 1420. The van der Waals surface area contributed by atoms with E-state index in [0.717, 1.165) is 12.1 Å². The van der Waals surface area contributed by atoms with Crippen molar-refractivity contribution in [3.8, 4) is 22.5 Å². The monoisotopic (exact) mass is 556 g/mol. The number of aromatic nitrogens is 3. The average molecular weight is 557 g/mol. The summed E-state index contributed by atoms with van der Waals surface area (Å²) in [4.78, 5) is 35.7. The first-order chi connectivity index (χ1) is 18.7. The van der Waals surface area contributed by atoms with E-state index < -0.39 is 23.8 Å². The Morgan fingerprint density at radius 3 is 2.46 bits per heavy atom. The maximum absolute atomic E-state index is 13.2. The summed E-state index contributed by atoms with van der Waals surface area (Å²) in [7, 11) is 0. The van der Waals surface area contributed by atoms with Crippen molar-refractivity contribution in [3.05, 3.63) is 72.2 Å². The van der Waals surface area contributed by atoms with Crippen molar-refractivity contribution in [2.24, 2.45) is 11.1 Å². The summed E-state index contributed by atoms with van der Waals surface area (Å²) in [5.41, 5.74) is 1.69. The fraction of sp³-hybridized carbons (Fsp3) is 0.296. The number of rotatable bonds is 5. The summed E-state index contributed by atoms with van der Waals surface area (Å²) in [5, 5.41) is 4.28. The largest absolute Gasteiger partial charge is 0.416 e. The first-order valence-corrected chi connectivity index (χ1v) is 12.6. The zero-order valence-corrected chi connectivity index (χ0v) is 21.7. The second-order valence-corrected chi connectivity index (χ2v) is 9.59. The zero-order valence-electron chi connectivity index (χ0n) is 20.9. The van der Waals surface area contributed by atoms with Crippen LogP contribution in [0.1, 0.15) is 12.5 Å². The third-order valence-electron chi connectivity index (χ3n) is 6.78. The Kier molecular flexibility index (Phi) is 7.26. The van der Waals surface area contributed by atoms with Gasteiger partial charge in [-0.15, -0.1) is 0 Å². The van der Waals surface area contributed by atoms with Gasteiger partial charge in [0.25, 0.3) is 0 Å². The second-order valence-electron chi connectivity index (χ2n) is 9.18. The maximum atomic E-state index is 13.2. The van der Waals surface area contributed by atoms with Gasteiger partial charge in [0.05, 0.1) is 28.2 Å². The lowest BCUT2D eigenvalue weighted by Gasteiger charge is -2.36. The quantitative estimate of drug-likeness (QED) is 0.407. The molecule has 0 saturated carbocycles. The lowest BCUT2D eigenvalue weighted by atomic mass is 9.96. The van der Waals surface area contributed by atoms with Crippen LogP contribution in [0.15, 0.2) is 66.7 Å². The molecule has 8 nitrogen and oxygen atoms in total. The molecule has 0 aliphatic carbocycles. The Morgan fingerprint density at radius 2 is 1.82 bits per heavy atom. The van der Waals surface area contributed by atoms with Crippen LogP contribution in [-0.4, -0.2) is 63.8 Å². The number of pyridine rings is 1. The van der Waals surface area contributed by atoms with Gasteiger partial charge in [-0.3, -0.25) is 14.8 Å². The van der Waals surface area contributed by atoms with Crippen LogP contribution >= 0.6 is 11.6 Å². The molecule has 2 aliphatic rings. The molecule has 3 aromatic rings. The Morgan fingerprint density at radius 1 is 1.10 bits per heavy atom. The number of halogens is 4. The van der Waals surface area contributed by atoms with E-state index in [4.69, 9.17) is 21.4 Å². The number of nitrogens with zero attached hydrogens (tertiary/aromatic N) is 6. The van der Waals surface area contributed by atoms with E-state index in [-0.39, 0.29) is 5.91 Å². The van der Waals surface area contributed by atoms with Crippen LogP contribution < -0.4 is 4.90 Å². The molecule has 1 aromatic carbocycles. The summed E-state index contributed by atoms with van der Waals surface area (Å²) in [6, 6.07) is 6.44. The topological polar surface area (TPSA) is 83.8 Å². The van der Waals surface area contributed by atoms with Crippen molar-refractivity contribution in [2.75, 3.05) is 31.1 Å². The summed E-state index contributed by atoms with van der Waals surface area (Å²) in [6.07, 6.45) is 1.27. The van der Waals surface area contributed by atoms with Crippen LogP contribution in [0.5, 0.6) is 0 Å². The SMILES string of the molecule is C=CC1ON=C(C)C1C(=O)N1CCN(c2cnc(-c3ccc(C(F)(F)F)cc3)c(-c3ccncc3Cl)n2)CC1. The highest BCUT2D eigenvalue weighted by molar-refractivity contribution is 6.33. The Labute approximate surface area is 227 Å². The number of anilines is 1. The second kappa shape index (κ2) is 10.6. The molecule has 2 aromatic heterocycles. The van der Waals surface area contributed by atoms with E-state index in [1.54, 1.807) is 36.4 Å². The number of carbonyl (C=O) groups excluding carboxylic acids is 1. The number of hydrogen-bond donors (Lipinski definition) is 0. The molecule has 12 heteroatoms. The number of carbonyl (C=O) groups is 1. The van der Waals surface area contributed by atoms with Crippen LogP contribution in [0.2, 0.25) is 5.02 Å². The smallest absolute Gasteiger partial charge is 0.387 e. The number of piperazine rings is 1. The number of benzene rings is 1. The molecule has 4 heterocycles. The van der Waals surface area contributed by atoms with Gasteiger partial charge in [-0.1, -0.05) is 35.5 Å². The summed E-state index contributed by atoms with van der Waals surface area (Å²) in [5.74, 6) is 0.00939. The van der Waals surface area contributed by atoms with Crippen LogP contribution in [0, 0.1) is 5.92 Å². The van der Waals surface area contributed by atoms with Gasteiger partial charge in [0.2, 0.25) is 5.91 Å².